The molecule has 0 amide bonds. The first-order valence-corrected chi connectivity index (χ1v) is 4.62. The molecule has 0 aliphatic heterocycles. The third kappa shape index (κ3) is 1.28. The van der Waals surface area contributed by atoms with Gasteiger partial charge in [-0.15, -0.1) is 0 Å². The molecule has 1 unspecified atom stereocenters. The van der Waals surface area contributed by atoms with Gasteiger partial charge in [0, 0.05) is 37.2 Å². The van der Waals surface area contributed by atoms with E-state index in [1.807, 2.05) is 17.8 Å². The second-order valence-corrected chi connectivity index (χ2v) is 4.12. The van der Waals surface area contributed by atoms with Crippen LogP contribution in [-0.4, -0.2) is 15.6 Å². The summed E-state index contributed by atoms with van der Waals surface area (Å²) < 4.78 is 1.87. The summed E-state index contributed by atoms with van der Waals surface area (Å²) in [5.74, 6) is 0.378. The molecule has 13 heavy (non-hydrogen) atoms. The predicted octanol–water partition coefficient (Wildman–Crippen LogP) is 1.43. The summed E-state index contributed by atoms with van der Waals surface area (Å²) in [7, 11) is 1.93. The highest BCUT2D eigenvalue weighted by atomic mass is 16.1. The van der Waals surface area contributed by atoms with E-state index in [9.17, 15) is 4.79 Å². The first kappa shape index (κ1) is 8.48. The molecule has 1 aliphatic carbocycles. The Morgan fingerprint density at radius 2 is 2.38 bits per heavy atom. The minimum absolute atomic E-state index is 0.0301. The van der Waals surface area contributed by atoms with Gasteiger partial charge in [0.1, 0.15) is 5.78 Å². The summed E-state index contributed by atoms with van der Waals surface area (Å²) >= 11 is 0. The SMILES string of the molecule is Cn1nccc1C1(C)CCC(=O)C1. The van der Waals surface area contributed by atoms with Crippen molar-refractivity contribution < 1.29 is 4.79 Å². The van der Waals surface area contributed by atoms with Crippen LogP contribution in [0.5, 0.6) is 0 Å². The van der Waals surface area contributed by atoms with Crippen molar-refractivity contribution in [3.8, 4) is 0 Å². The lowest BCUT2D eigenvalue weighted by atomic mass is 9.85. The molecule has 0 spiro atoms. The topological polar surface area (TPSA) is 34.9 Å². The van der Waals surface area contributed by atoms with Crippen LogP contribution < -0.4 is 0 Å². The van der Waals surface area contributed by atoms with Gasteiger partial charge >= 0.3 is 0 Å². The summed E-state index contributed by atoms with van der Waals surface area (Å²) in [5, 5.41) is 4.14. The van der Waals surface area contributed by atoms with Crippen LogP contribution in [0.15, 0.2) is 12.3 Å². The van der Waals surface area contributed by atoms with Gasteiger partial charge in [-0.05, 0) is 12.5 Å². The molecule has 3 heteroatoms. The Bertz CT molecular complexity index is 342. The Kier molecular flexibility index (Phi) is 1.75. The molecule has 1 fully saturated rings. The van der Waals surface area contributed by atoms with Gasteiger partial charge in [0.25, 0.3) is 0 Å². The number of rotatable bonds is 1. The normalized spacial score (nSPS) is 28.3. The third-order valence-corrected chi connectivity index (χ3v) is 2.98. The molecule has 1 saturated carbocycles. The van der Waals surface area contributed by atoms with Crippen LogP contribution in [0.3, 0.4) is 0 Å². The maximum Gasteiger partial charge on any atom is 0.133 e. The van der Waals surface area contributed by atoms with Crippen molar-refractivity contribution in [3.05, 3.63) is 18.0 Å². The zero-order chi connectivity index (χ0) is 9.47. The summed E-state index contributed by atoms with van der Waals surface area (Å²) in [6.45, 7) is 2.15. The monoisotopic (exact) mass is 178 g/mol. The van der Waals surface area contributed by atoms with Crippen LogP contribution in [0.4, 0.5) is 0 Å². The fourth-order valence-electron chi connectivity index (χ4n) is 2.21. The number of aryl methyl sites for hydroxylation is 1. The number of hydrogen-bond acceptors (Lipinski definition) is 2. The Hall–Kier alpha value is -1.12. The van der Waals surface area contributed by atoms with Crippen LogP contribution in [0.1, 0.15) is 31.9 Å². The zero-order valence-corrected chi connectivity index (χ0v) is 8.08. The average molecular weight is 178 g/mol. The molecule has 70 valence electrons. The number of Topliss-reactive ketones (excluding diaryl/α,β-unsaturated/α-hetero) is 1. The van der Waals surface area contributed by atoms with Crippen LogP contribution in [0, 0.1) is 0 Å². The number of carbonyl (C=O) groups is 1. The second-order valence-electron chi connectivity index (χ2n) is 4.12. The Morgan fingerprint density at radius 1 is 1.62 bits per heavy atom. The van der Waals surface area contributed by atoms with E-state index in [0.29, 0.717) is 12.2 Å². The molecular formula is C10H14N2O. The van der Waals surface area contributed by atoms with Crippen LogP contribution in [0.25, 0.3) is 0 Å². The first-order chi connectivity index (χ1) is 6.12. The van der Waals surface area contributed by atoms with Crippen LogP contribution in [-0.2, 0) is 17.3 Å². The summed E-state index contributed by atoms with van der Waals surface area (Å²) in [5.41, 5.74) is 1.21. The molecule has 1 aromatic heterocycles. The van der Waals surface area contributed by atoms with Gasteiger partial charge in [-0.25, -0.2) is 0 Å². The largest absolute Gasteiger partial charge is 0.300 e. The van der Waals surface area contributed by atoms with Gasteiger partial charge in [-0.1, -0.05) is 6.92 Å². The molecule has 1 atom stereocenters. The maximum absolute atomic E-state index is 11.2. The fraction of sp³-hybridized carbons (Fsp3) is 0.600. The van der Waals surface area contributed by atoms with Crippen molar-refractivity contribution in [1.29, 1.82) is 0 Å². The number of carbonyl (C=O) groups excluding carboxylic acids is 1. The molecule has 2 rings (SSSR count). The third-order valence-electron chi connectivity index (χ3n) is 2.98. The van der Waals surface area contributed by atoms with E-state index in [-0.39, 0.29) is 5.41 Å². The molecule has 1 aromatic rings. The summed E-state index contributed by atoms with van der Waals surface area (Å²) in [4.78, 5) is 11.2. The number of nitrogens with zero attached hydrogens (tertiary/aromatic N) is 2. The van der Waals surface area contributed by atoms with Crippen molar-refractivity contribution in [3.63, 3.8) is 0 Å². The molecule has 0 aromatic carbocycles. The maximum atomic E-state index is 11.2. The number of ketones is 1. The average Bonchev–Trinajstić information content (AvgIpc) is 2.59. The zero-order valence-electron chi connectivity index (χ0n) is 8.08. The number of aromatic nitrogens is 2. The molecule has 0 saturated heterocycles. The van der Waals surface area contributed by atoms with E-state index in [0.717, 1.165) is 12.8 Å². The van der Waals surface area contributed by atoms with Gasteiger partial charge in [-0.2, -0.15) is 5.10 Å². The molecule has 1 heterocycles. The lowest BCUT2D eigenvalue weighted by Crippen LogP contribution is -2.21. The Labute approximate surface area is 77.7 Å². The quantitative estimate of drug-likeness (QED) is 0.652. The highest BCUT2D eigenvalue weighted by Gasteiger charge is 2.37. The Balaban J connectivity index is 2.35. The smallest absolute Gasteiger partial charge is 0.133 e. The van der Waals surface area contributed by atoms with E-state index in [1.165, 1.54) is 5.69 Å². The van der Waals surface area contributed by atoms with E-state index in [4.69, 9.17) is 0 Å². The molecular weight excluding hydrogens is 164 g/mol. The minimum atomic E-state index is 0.0301. The molecule has 0 N–H and O–H groups in total. The van der Waals surface area contributed by atoms with E-state index in [2.05, 4.69) is 12.0 Å². The van der Waals surface area contributed by atoms with Crippen molar-refractivity contribution in [1.82, 2.24) is 9.78 Å². The van der Waals surface area contributed by atoms with Crippen molar-refractivity contribution in [2.24, 2.45) is 7.05 Å². The van der Waals surface area contributed by atoms with Crippen LogP contribution in [0.2, 0.25) is 0 Å². The number of hydrogen-bond donors (Lipinski definition) is 0. The fourth-order valence-corrected chi connectivity index (χ4v) is 2.21. The Morgan fingerprint density at radius 3 is 2.85 bits per heavy atom. The molecule has 1 aliphatic rings. The van der Waals surface area contributed by atoms with Gasteiger partial charge in [-0.3, -0.25) is 9.48 Å². The summed E-state index contributed by atoms with van der Waals surface area (Å²) in [6, 6.07) is 2.01. The van der Waals surface area contributed by atoms with Crippen LogP contribution >= 0.6 is 0 Å². The molecule has 0 radical (unpaired) electrons. The van der Waals surface area contributed by atoms with Crippen molar-refractivity contribution in [2.45, 2.75) is 31.6 Å². The highest BCUT2D eigenvalue weighted by molar-refractivity contribution is 5.82. The minimum Gasteiger partial charge on any atom is -0.300 e. The van der Waals surface area contributed by atoms with Crippen molar-refractivity contribution in [2.75, 3.05) is 0 Å². The lowest BCUT2D eigenvalue weighted by molar-refractivity contribution is -0.117. The van der Waals surface area contributed by atoms with Gasteiger partial charge in [0.2, 0.25) is 0 Å². The predicted molar refractivity (Wildman–Crippen MR) is 49.4 cm³/mol. The summed E-state index contributed by atoms with van der Waals surface area (Å²) in [6.07, 6.45) is 4.16. The molecule has 0 bridgehead atoms. The van der Waals surface area contributed by atoms with E-state index >= 15 is 0 Å². The highest BCUT2D eigenvalue weighted by Crippen LogP contribution is 2.38. The van der Waals surface area contributed by atoms with Gasteiger partial charge < -0.3 is 0 Å². The lowest BCUT2D eigenvalue weighted by Gasteiger charge is -2.22. The van der Waals surface area contributed by atoms with Crippen molar-refractivity contribution >= 4 is 5.78 Å². The van der Waals surface area contributed by atoms with E-state index in [1.54, 1.807) is 6.20 Å². The standard InChI is InChI=1S/C10H14N2O/c1-10(5-3-8(13)7-10)9-4-6-11-12(9)2/h4,6H,3,5,7H2,1-2H3. The van der Waals surface area contributed by atoms with E-state index < -0.39 is 0 Å². The van der Waals surface area contributed by atoms with Gasteiger partial charge in [0.05, 0.1) is 0 Å². The van der Waals surface area contributed by atoms with Gasteiger partial charge in [0.15, 0.2) is 0 Å². The first-order valence-electron chi connectivity index (χ1n) is 4.62. The molecule has 3 nitrogen and oxygen atoms in total. The second kappa shape index (κ2) is 2.69.